The average Bonchev–Trinajstić information content (AvgIpc) is 3.37. The molecule has 6 heteroatoms. The van der Waals surface area contributed by atoms with Crippen LogP contribution in [0.1, 0.15) is 21.7 Å². The molecule has 4 nitrogen and oxygen atoms in total. The molecule has 0 unspecified atom stereocenters. The van der Waals surface area contributed by atoms with Crippen LogP contribution in [-0.4, -0.2) is 46.7 Å². The monoisotopic (exact) mass is 397 g/mol. The molecule has 1 aromatic heterocycles. The zero-order chi connectivity index (χ0) is 18.6. The second-order valence-electron chi connectivity index (χ2n) is 6.92. The molecule has 1 aliphatic rings. The van der Waals surface area contributed by atoms with Crippen molar-refractivity contribution >= 4 is 40.6 Å². The van der Waals surface area contributed by atoms with Crippen molar-refractivity contribution in [3.8, 4) is 0 Å². The minimum absolute atomic E-state index is 0.0620. The predicted octanol–water partition coefficient (Wildman–Crippen LogP) is 3.64. The number of hydrogen-bond acceptors (Lipinski definition) is 5. The normalized spacial score (nSPS) is 19.4. The van der Waals surface area contributed by atoms with Gasteiger partial charge in [-0.3, -0.25) is 9.78 Å². The van der Waals surface area contributed by atoms with Crippen molar-refractivity contribution in [1.82, 2.24) is 15.2 Å². The van der Waals surface area contributed by atoms with Crippen molar-refractivity contribution < 1.29 is 4.79 Å². The van der Waals surface area contributed by atoms with Crippen molar-refractivity contribution in [2.45, 2.75) is 24.1 Å². The van der Waals surface area contributed by atoms with Gasteiger partial charge < -0.3 is 10.2 Å². The van der Waals surface area contributed by atoms with Crippen LogP contribution < -0.4 is 5.32 Å². The molecule has 1 fully saturated rings. The third-order valence-corrected chi connectivity index (χ3v) is 6.57. The Bertz CT molecular complexity index is 907. The molecule has 140 valence electrons. The zero-order valence-corrected chi connectivity index (χ0v) is 16.8. The van der Waals surface area contributed by atoms with Gasteiger partial charge in [0.05, 0.1) is 11.7 Å². The highest BCUT2D eigenvalue weighted by atomic mass is 32.1. The number of nitrogens with one attached hydrogen (secondary N) is 1. The van der Waals surface area contributed by atoms with E-state index in [0.717, 1.165) is 19.4 Å². The third kappa shape index (κ3) is 4.18. The number of carbonyl (C=O) groups excluding carboxylic acids is 1. The van der Waals surface area contributed by atoms with Crippen molar-refractivity contribution in [3.63, 3.8) is 0 Å². The smallest absolute Gasteiger partial charge is 0.265 e. The summed E-state index contributed by atoms with van der Waals surface area (Å²) in [6, 6.07) is 15.0. The van der Waals surface area contributed by atoms with Crippen LogP contribution in [0.25, 0.3) is 10.8 Å². The van der Waals surface area contributed by atoms with Gasteiger partial charge in [-0.05, 0) is 35.7 Å². The molecular weight excluding hydrogens is 374 g/mol. The summed E-state index contributed by atoms with van der Waals surface area (Å²) in [5.74, 6) is 0.0620. The Labute approximate surface area is 169 Å². The Kier molecular flexibility index (Phi) is 5.76. The van der Waals surface area contributed by atoms with Crippen LogP contribution in [0.2, 0.25) is 0 Å². The number of fused-ring (bicyclic) bond motifs is 1. The largest absolute Gasteiger partial charge is 0.336 e. The lowest BCUT2D eigenvalue weighted by atomic mass is 10.0. The van der Waals surface area contributed by atoms with E-state index in [0.29, 0.717) is 23.2 Å². The number of thiol groups is 1. The first kappa shape index (κ1) is 18.5. The number of amides is 1. The first-order chi connectivity index (χ1) is 13.2. The van der Waals surface area contributed by atoms with Gasteiger partial charge in [0.25, 0.3) is 5.91 Å². The van der Waals surface area contributed by atoms with Crippen LogP contribution in [0.3, 0.4) is 0 Å². The lowest BCUT2D eigenvalue weighted by Gasteiger charge is -2.27. The van der Waals surface area contributed by atoms with Crippen molar-refractivity contribution in [1.29, 1.82) is 0 Å². The molecule has 2 atom stereocenters. The fraction of sp³-hybridized carbons (Fsp3) is 0.333. The van der Waals surface area contributed by atoms with Crippen LogP contribution in [0, 0.1) is 0 Å². The van der Waals surface area contributed by atoms with Crippen LogP contribution in [0.15, 0.2) is 54.2 Å². The Morgan fingerprint density at radius 2 is 2.11 bits per heavy atom. The highest BCUT2D eigenvalue weighted by Crippen LogP contribution is 2.21. The number of benzene rings is 2. The number of rotatable bonds is 6. The number of nitrogens with zero attached hydrogens (tertiary/aromatic N) is 2. The number of thiazole rings is 1. The number of aromatic nitrogens is 1. The summed E-state index contributed by atoms with van der Waals surface area (Å²) in [6.45, 7) is 2.32. The Morgan fingerprint density at radius 1 is 1.26 bits per heavy atom. The van der Waals surface area contributed by atoms with E-state index < -0.39 is 0 Å². The van der Waals surface area contributed by atoms with E-state index >= 15 is 0 Å². The molecule has 0 aliphatic carbocycles. The van der Waals surface area contributed by atoms with Crippen molar-refractivity contribution in [2.24, 2.45) is 0 Å². The van der Waals surface area contributed by atoms with Gasteiger partial charge in [-0.1, -0.05) is 42.5 Å². The quantitative estimate of drug-likeness (QED) is 0.624. The number of carbonyl (C=O) groups is 1. The van der Waals surface area contributed by atoms with Gasteiger partial charge in [0, 0.05) is 24.4 Å². The Balaban J connectivity index is 1.54. The highest BCUT2D eigenvalue weighted by molar-refractivity contribution is 7.81. The molecule has 1 N–H and O–H groups in total. The minimum Gasteiger partial charge on any atom is -0.336 e. The third-order valence-electron chi connectivity index (χ3n) is 5.19. The maximum atomic E-state index is 13.0. The van der Waals surface area contributed by atoms with Gasteiger partial charge in [-0.15, -0.1) is 11.3 Å². The number of hydrogen-bond donors (Lipinski definition) is 2. The molecule has 0 saturated carbocycles. The SMILES string of the molecule is O=C(c1cncs1)N(CCc1cccc2ccccc12)C[C@H]1NCC[C@H]1S. The molecule has 27 heavy (non-hydrogen) atoms. The fourth-order valence-electron chi connectivity index (χ4n) is 3.70. The summed E-state index contributed by atoms with van der Waals surface area (Å²) in [7, 11) is 0. The predicted molar refractivity (Wildman–Crippen MR) is 115 cm³/mol. The summed E-state index contributed by atoms with van der Waals surface area (Å²) in [6.07, 6.45) is 3.54. The molecule has 1 amide bonds. The molecule has 3 aromatic rings. The van der Waals surface area contributed by atoms with Gasteiger partial charge in [-0.25, -0.2) is 0 Å². The lowest BCUT2D eigenvalue weighted by Crippen LogP contribution is -2.44. The highest BCUT2D eigenvalue weighted by Gasteiger charge is 2.28. The van der Waals surface area contributed by atoms with E-state index in [4.69, 9.17) is 0 Å². The van der Waals surface area contributed by atoms with E-state index in [-0.39, 0.29) is 11.9 Å². The first-order valence-corrected chi connectivity index (χ1v) is 10.7. The maximum absolute atomic E-state index is 13.0. The molecular formula is C21H23N3OS2. The molecule has 1 saturated heterocycles. The van der Waals surface area contributed by atoms with Crippen LogP contribution in [-0.2, 0) is 6.42 Å². The van der Waals surface area contributed by atoms with E-state index in [9.17, 15) is 4.79 Å². The van der Waals surface area contributed by atoms with Crippen molar-refractivity contribution in [3.05, 3.63) is 64.6 Å². The maximum Gasteiger partial charge on any atom is 0.265 e. The summed E-state index contributed by atoms with van der Waals surface area (Å²) in [5, 5.41) is 6.27. The minimum atomic E-state index is 0.0620. The Hall–Kier alpha value is -1.89. The standard InChI is InChI=1S/C21H23N3OS2/c25-21(20-12-22-14-27-20)24(13-18-19(26)8-10-23-18)11-9-16-6-3-5-15-4-1-2-7-17(15)16/h1-7,12,14,18-19,23,26H,8-11,13H2/t18-,19-/m1/s1. The van der Waals surface area contributed by atoms with Gasteiger partial charge in [0.2, 0.25) is 0 Å². The van der Waals surface area contributed by atoms with Crippen LogP contribution >= 0.6 is 24.0 Å². The van der Waals surface area contributed by atoms with Gasteiger partial charge in [0.15, 0.2) is 0 Å². The van der Waals surface area contributed by atoms with Gasteiger partial charge in [-0.2, -0.15) is 12.6 Å². The van der Waals surface area contributed by atoms with Gasteiger partial charge >= 0.3 is 0 Å². The molecule has 2 heterocycles. The second kappa shape index (κ2) is 8.42. The van der Waals surface area contributed by atoms with E-state index in [1.165, 1.54) is 27.7 Å². The molecule has 2 aromatic carbocycles. The second-order valence-corrected chi connectivity index (χ2v) is 8.47. The molecule has 0 spiro atoms. The molecule has 4 rings (SSSR count). The summed E-state index contributed by atoms with van der Waals surface area (Å²) in [4.78, 5) is 19.8. The summed E-state index contributed by atoms with van der Waals surface area (Å²) in [5.41, 5.74) is 2.99. The average molecular weight is 398 g/mol. The molecule has 0 radical (unpaired) electrons. The first-order valence-electron chi connectivity index (χ1n) is 9.28. The van der Waals surface area contributed by atoms with E-state index in [1.54, 1.807) is 11.7 Å². The van der Waals surface area contributed by atoms with Crippen molar-refractivity contribution in [2.75, 3.05) is 19.6 Å². The summed E-state index contributed by atoms with van der Waals surface area (Å²) >= 11 is 6.08. The topological polar surface area (TPSA) is 45.2 Å². The molecule has 1 aliphatic heterocycles. The fourth-order valence-corrected chi connectivity index (χ4v) is 4.61. The zero-order valence-electron chi connectivity index (χ0n) is 15.0. The van der Waals surface area contributed by atoms with Crippen LogP contribution in [0.5, 0.6) is 0 Å². The molecule has 0 bridgehead atoms. The van der Waals surface area contributed by atoms with E-state index in [1.807, 2.05) is 4.90 Å². The van der Waals surface area contributed by atoms with E-state index in [2.05, 4.69) is 65.4 Å². The van der Waals surface area contributed by atoms with Gasteiger partial charge in [0.1, 0.15) is 4.88 Å². The Morgan fingerprint density at radius 3 is 2.89 bits per heavy atom. The van der Waals surface area contributed by atoms with Crippen LogP contribution in [0.4, 0.5) is 0 Å². The summed E-state index contributed by atoms with van der Waals surface area (Å²) < 4.78 is 0. The lowest BCUT2D eigenvalue weighted by molar-refractivity contribution is 0.0749.